The molecule has 0 spiro atoms. The van der Waals surface area contributed by atoms with E-state index in [1.54, 1.807) is 0 Å². The van der Waals surface area contributed by atoms with E-state index in [4.69, 9.17) is 18.9 Å². The fourth-order valence-electron chi connectivity index (χ4n) is 2.84. The number of nitrogens with one attached hydrogen (secondary N) is 1. The van der Waals surface area contributed by atoms with Crippen molar-refractivity contribution in [1.82, 2.24) is 5.32 Å². The molecule has 1 N–H and O–H groups in total. The van der Waals surface area contributed by atoms with Crippen LogP contribution in [0.1, 0.15) is 38.3 Å². The van der Waals surface area contributed by atoms with Gasteiger partial charge in [-0.2, -0.15) is 0 Å². The Balaban J connectivity index is 1.42. The first-order valence-electron chi connectivity index (χ1n) is 9.21. The van der Waals surface area contributed by atoms with Crippen LogP contribution in [0.25, 0.3) is 0 Å². The molecule has 1 atom stereocenters. The zero-order valence-electron chi connectivity index (χ0n) is 15.7. The Kier molecular flexibility index (Phi) is 6.41. The molecule has 1 aliphatic rings. The molecule has 0 bridgehead atoms. The second kappa shape index (κ2) is 9.16. The fraction of sp³-hybridized carbons (Fsp3) is 0.381. The Morgan fingerprint density at radius 3 is 2.63 bits per heavy atom. The van der Waals surface area contributed by atoms with Crippen molar-refractivity contribution in [3.8, 4) is 23.0 Å². The summed E-state index contributed by atoms with van der Waals surface area (Å²) >= 11 is 0. The number of hydrogen-bond donors (Lipinski definition) is 1. The molecule has 0 aromatic heterocycles. The van der Waals surface area contributed by atoms with Crippen LogP contribution >= 0.6 is 0 Å². The average Bonchev–Trinajstić information content (AvgIpc) is 3.14. The van der Waals surface area contributed by atoms with Crippen molar-refractivity contribution < 1.29 is 23.7 Å². The number of carbonyl (C=O) groups is 1. The van der Waals surface area contributed by atoms with Crippen LogP contribution in [-0.2, 0) is 4.79 Å². The maximum absolute atomic E-state index is 12.2. The van der Waals surface area contributed by atoms with Gasteiger partial charge in [-0.05, 0) is 50.1 Å². The van der Waals surface area contributed by atoms with E-state index in [-0.39, 0.29) is 18.7 Å². The number of carbonyl (C=O) groups excluding carboxylic acids is 1. The maximum atomic E-state index is 12.2. The molecule has 0 fully saturated rings. The molecule has 2 aromatic carbocycles. The molecule has 0 aliphatic carbocycles. The Labute approximate surface area is 159 Å². The molecule has 0 saturated heterocycles. The van der Waals surface area contributed by atoms with Crippen LogP contribution < -0.4 is 24.3 Å². The van der Waals surface area contributed by atoms with Gasteiger partial charge in [0.2, 0.25) is 12.7 Å². The summed E-state index contributed by atoms with van der Waals surface area (Å²) in [6.07, 6.45) is 1.02. The standard InChI is InChI=1S/C21H25NO5/c1-3-24-17-7-4-5-8-18(17)25-12-6-9-21(23)22-15(2)16-10-11-19-20(13-16)27-14-26-19/h4-5,7-8,10-11,13,15H,3,6,9,12,14H2,1-2H3,(H,22,23). The van der Waals surface area contributed by atoms with Crippen molar-refractivity contribution in [3.63, 3.8) is 0 Å². The van der Waals surface area contributed by atoms with Gasteiger partial charge in [-0.3, -0.25) is 4.79 Å². The molecular weight excluding hydrogens is 346 g/mol. The third-order valence-corrected chi connectivity index (χ3v) is 4.23. The van der Waals surface area contributed by atoms with Crippen LogP contribution in [0.5, 0.6) is 23.0 Å². The molecule has 27 heavy (non-hydrogen) atoms. The Morgan fingerprint density at radius 1 is 1.11 bits per heavy atom. The van der Waals surface area contributed by atoms with Crippen molar-refractivity contribution >= 4 is 5.91 Å². The summed E-state index contributed by atoms with van der Waals surface area (Å²) in [6.45, 7) is 5.16. The SMILES string of the molecule is CCOc1ccccc1OCCCC(=O)NC(C)c1ccc2c(c1)OCO2. The van der Waals surface area contributed by atoms with Gasteiger partial charge in [-0.1, -0.05) is 18.2 Å². The zero-order chi connectivity index (χ0) is 19.1. The molecule has 6 heteroatoms. The summed E-state index contributed by atoms with van der Waals surface area (Å²) in [5.74, 6) is 2.87. The van der Waals surface area contributed by atoms with Gasteiger partial charge in [0.1, 0.15) is 0 Å². The smallest absolute Gasteiger partial charge is 0.231 e. The predicted octanol–water partition coefficient (Wildman–Crippen LogP) is 3.85. The lowest BCUT2D eigenvalue weighted by molar-refractivity contribution is -0.121. The summed E-state index contributed by atoms with van der Waals surface area (Å²) in [4.78, 5) is 12.2. The van der Waals surface area contributed by atoms with Gasteiger partial charge in [-0.15, -0.1) is 0 Å². The van der Waals surface area contributed by atoms with E-state index in [1.807, 2.05) is 56.3 Å². The van der Waals surface area contributed by atoms with Gasteiger partial charge in [0.25, 0.3) is 0 Å². The Morgan fingerprint density at radius 2 is 1.85 bits per heavy atom. The van der Waals surface area contributed by atoms with Crippen molar-refractivity contribution in [2.75, 3.05) is 20.0 Å². The number of hydrogen-bond acceptors (Lipinski definition) is 5. The highest BCUT2D eigenvalue weighted by Gasteiger charge is 2.16. The van der Waals surface area contributed by atoms with Crippen molar-refractivity contribution in [2.45, 2.75) is 32.7 Å². The van der Waals surface area contributed by atoms with Crippen LogP contribution in [0.4, 0.5) is 0 Å². The molecular formula is C21H25NO5. The molecule has 0 saturated carbocycles. The van der Waals surface area contributed by atoms with E-state index in [9.17, 15) is 4.79 Å². The van der Waals surface area contributed by atoms with E-state index in [1.165, 1.54) is 0 Å². The first kappa shape index (κ1) is 18.9. The second-order valence-corrected chi connectivity index (χ2v) is 6.23. The van der Waals surface area contributed by atoms with Crippen molar-refractivity contribution in [3.05, 3.63) is 48.0 Å². The van der Waals surface area contributed by atoms with E-state index in [0.717, 1.165) is 22.8 Å². The summed E-state index contributed by atoms with van der Waals surface area (Å²) in [5.41, 5.74) is 0.981. The Bertz CT molecular complexity index is 777. The largest absolute Gasteiger partial charge is 0.490 e. The highest BCUT2D eigenvalue weighted by atomic mass is 16.7. The normalized spacial score (nSPS) is 13.1. The van der Waals surface area contributed by atoms with Crippen LogP contribution in [0.3, 0.4) is 0 Å². The molecule has 2 aromatic rings. The van der Waals surface area contributed by atoms with E-state index >= 15 is 0 Å². The van der Waals surface area contributed by atoms with E-state index < -0.39 is 0 Å². The van der Waals surface area contributed by atoms with Crippen molar-refractivity contribution in [2.24, 2.45) is 0 Å². The van der Waals surface area contributed by atoms with Crippen LogP contribution in [-0.4, -0.2) is 25.9 Å². The average molecular weight is 371 g/mol. The quantitative estimate of drug-likeness (QED) is 0.678. The number of benzene rings is 2. The molecule has 6 nitrogen and oxygen atoms in total. The van der Waals surface area contributed by atoms with Crippen molar-refractivity contribution in [1.29, 1.82) is 0 Å². The minimum Gasteiger partial charge on any atom is -0.490 e. The third-order valence-electron chi connectivity index (χ3n) is 4.23. The summed E-state index contributed by atoms with van der Waals surface area (Å²) < 4.78 is 22.0. The number of para-hydroxylation sites is 2. The fourth-order valence-corrected chi connectivity index (χ4v) is 2.84. The number of amides is 1. The molecule has 1 heterocycles. The zero-order valence-corrected chi connectivity index (χ0v) is 15.7. The van der Waals surface area contributed by atoms with Crippen LogP contribution in [0.2, 0.25) is 0 Å². The predicted molar refractivity (Wildman–Crippen MR) is 101 cm³/mol. The Hall–Kier alpha value is -2.89. The summed E-state index contributed by atoms with van der Waals surface area (Å²) in [7, 11) is 0. The van der Waals surface area contributed by atoms with Gasteiger partial charge in [0.15, 0.2) is 23.0 Å². The van der Waals surface area contributed by atoms with Crippen LogP contribution in [0.15, 0.2) is 42.5 Å². The number of fused-ring (bicyclic) bond motifs is 1. The third kappa shape index (κ3) is 5.06. The van der Waals surface area contributed by atoms with Gasteiger partial charge in [-0.25, -0.2) is 0 Å². The lowest BCUT2D eigenvalue weighted by atomic mass is 10.1. The minimum atomic E-state index is -0.105. The lowest BCUT2D eigenvalue weighted by Crippen LogP contribution is -2.26. The molecule has 0 radical (unpaired) electrons. The maximum Gasteiger partial charge on any atom is 0.231 e. The first-order valence-corrected chi connectivity index (χ1v) is 9.21. The molecule has 1 unspecified atom stereocenters. The van der Waals surface area contributed by atoms with Gasteiger partial charge in [0.05, 0.1) is 19.3 Å². The minimum absolute atomic E-state index is 0.0122. The molecule has 144 valence electrons. The molecule has 1 aliphatic heterocycles. The molecule has 1 amide bonds. The summed E-state index contributed by atoms with van der Waals surface area (Å²) in [5, 5.41) is 3.00. The first-order chi connectivity index (χ1) is 13.2. The highest BCUT2D eigenvalue weighted by Crippen LogP contribution is 2.34. The van der Waals surface area contributed by atoms with E-state index in [2.05, 4.69) is 5.32 Å². The topological polar surface area (TPSA) is 66.0 Å². The van der Waals surface area contributed by atoms with Gasteiger partial charge >= 0.3 is 0 Å². The van der Waals surface area contributed by atoms with E-state index in [0.29, 0.717) is 31.8 Å². The molecule has 3 rings (SSSR count). The second-order valence-electron chi connectivity index (χ2n) is 6.23. The highest BCUT2D eigenvalue weighted by molar-refractivity contribution is 5.76. The summed E-state index contributed by atoms with van der Waals surface area (Å²) in [6, 6.07) is 13.1. The van der Waals surface area contributed by atoms with Crippen LogP contribution in [0, 0.1) is 0 Å². The number of ether oxygens (including phenoxy) is 4. The van der Waals surface area contributed by atoms with Gasteiger partial charge < -0.3 is 24.3 Å². The monoisotopic (exact) mass is 371 g/mol. The van der Waals surface area contributed by atoms with Gasteiger partial charge in [0, 0.05) is 6.42 Å². The number of rotatable bonds is 9. The lowest BCUT2D eigenvalue weighted by Gasteiger charge is -2.15.